The first-order chi connectivity index (χ1) is 11.8. The molecule has 0 atom stereocenters. The highest BCUT2D eigenvalue weighted by molar-refractivity contribution is 5.59. The molecule has 7 heteroatoms. The molecule has 2 aromatic carbocycles. The van der Waals surface area contributed by atoms with E-state index in [2.05, 4.69) is 4.98 Å². The molecule has 3 aromatic rings. The Labute approximate surface area is 142 Å². The minimum absolute atomic E-state index is 0.0468. The molecule has 1 heterocycles. The maximum Gasteiger partial charge on any atom is 0.434 e. The number of hydrogen-bond donors (Lipinski definition) is 2. The van der Waals surface area contributed by atoms with Gasteiger partial charge in [0.15, 0.2) is 5.69 Å². The molecule has 130 valence electrons. The number of halogens is 3. The summed E-state index contributed by atoms with van der Waals surface area (Å²) in [6.45, 7) is 0. The zero-order valence-electron chi connectivity index (χ0n) is 13.4. The smallest absolute Gasteiger partial charge is 0.434 e. The lowest BCUT2D eigenvalue weighted by Crippen LogP contribution is -2.04. The lowest BCUT2D eigenvalue weighted by atomic mass is 10.0. The van der Waals surface area contributed by atoms with Crippen molar-refractivity contribution in [3.05, 3.63) is 65.5 Å². The molecule has 0 aliphatic rings. The van der Waals surface area contributed by atoms with Crippen molar-refractivity contribution < 1.29 is 18.3 Å². The number of imidazole rings is 1. The summed E-state index contributed by atoms with van der Waals surface area (Å²) in [5, 5.41) is 9.96. The summed E-state index contributed by atoms with van der Waals surface area (Å²) in [6, 6.07) is 12.1. The van der Waals surface area contributed by atoms with Crippen LogP contribution in [0.4, 0.5) is 18.9 Å². The third-order valence-electron chi connectivity index (χ3n) is 3.92. The summed E-state index contributed by atoms with van der Waals surface area (Å²) >= 11 is 0. The first kappa shape index (κ1) is 16.9. The van der Waals surface area contributed by atoms with Gasteiger partial charge >= 0.3 is 6.18 Å². The Morgan fingerprint density at radius 3 is 2.40 bits per heavy atom. The van der Waals surface area contributed by atoms with E-state index in [0.29, 0.717) is 23.2 Å². The molecule has 3 N–H and O–H groups in total. The van der Waals surface area contributed by atoms with Crippen LogP contribution in [0.3, 0.4) is 0 Å². The van der Waals surface area contributed by atoms with Crippen LogP contribution in [-0.4, -0.2) is 14.7 Å². The van der Waals surface area contributed by atoms with E-state index in [0.717, 1.165) is 11.8 Å². The molecule has 0 saturated carbocycles. The topological polar surface area (TPSA) is 64.1 Å². The minimum atomic E-state index is -4.47. The van der Waals surface area contributed by atoms with Gasteiger partial charge < -0.3 is 15.4 Å². The van der Waals surface area contributed by atoms with Gasteiger partial charge in [-0.05, 0) is 11.6 Å². The first-order valence-corrected chi connectivity index (χ1v) is 7.52. The van der Waals surface area contributed by atoms with E-state index in [1.54, 1.807) is 42.5 Å². The van der Waals surface area contributed by atoms with Gasteiger partial charge in [0.05, 0.1) is 5.69 Å². The van der Waals surface area contributed by atoms with Crippen LogP contribution in [0.25, 0.3) is 11.4 Å². The molecule has 0 amide bonds. The Bertz CT molecular complexity index is 899. The molecule has 0 saturated heterocycles. The van der Waals surface area contributed by atoms with Crippen LogP contribution >= 0.6 is 0 Å². The zero-order chi connectivity index (χ0) is 18.2. The summed E-state index contributed by atoms with van der Waals surface area (Å²) in [5.74, 6) is 0.288. The number of nitrogens with two attached hydrogens (primary N) is 1. The van der Waals surface area contributed by atoms with Crippen molar-refractivity contribution in [1.29, 1.82) is 0 Å². The molecule has 4 nitrogen and oxygen atoms in total. The van der Waals surface area contributed by atoms with E-state index in [-0.39, 0.29) is 11.6 Å². The summed E-state index contributed by atoms with van der Waals surface area (Å²) in [4.78, 5) is 3.67. The van der Waals surface area contributed by atoms with Crippen molar-refractivity contribution in [1.82, 2.24) is 9.55 Å². The number of phenolic OH excluding ortho intramolecular Hbond substituents is 1. The number of phenols is 1. The fraction of sp³-hybridized carbons (Fsp3) is 0.167. The molecular weight excluding hydrogens is 331 g/mol. The van der Waals surface area contributed by atoms with Crippen LogP contribution in [-0.2, 0) is 19.6 Å². The summed E-state index contributed by atoms with van der Waals surface area (Å²) in [6.07, 6.45) is -3.04. The molecule has 0 spiro atoms. The Morgan fingerprint density at radius 2 is 1.80 bits per heavy atom. The molecule has 0 unspecified atom stereocenters. The third-order valence-corrected chi connectivity index (χ3v) is 3.92. The number of alkyl halides is 3. The third kappa shape index (κ3) is 3.45. The fourth-order valence-electron chi connectivity index (χ4n) is 2.62. The number of aromatic hydroxyl groups is 1. The van der Waals surface area contributed by atoms with Crippen LogP contribution in [0, 0.1) is 0 Å². The first-order valence-electron chi connectivity index (χ1n) is 7.52. The molecule has 3 rings (SSSR count). The number of anilines is 1. The van der Waals surface area contributed by atoms with Crippen molar-refractivity contribution in [2.45, 2.75) is 12.6 Å². The number of aryl methyl sites for hydroxylation is 1. The Kier molecular flexibility index (Phi) is 4.16. The number of nitrogens with zero attached hydrogens (tertiary/aromatic N) is 2. The van der Waals surface area contributed by atoms with Gasteiger partial charge in [-0.3, -0.25) is 0 Å². The lowest BCUT2D eigenvalue weighted by Gasteiger charge is -2.08. The van der Waals surface area contributed by atoms with Crippen molar-refractivity contribution >= 4 is 5.69 Å². The highest BCUT2D eigenvalue weighted by atomic mass is 19.4. The SMILES string of the molecule is Cn1cc(C(F)(F)F)nc1-c1ccc(Cc2cccc(N)c2O)cc1. The second-order valence-electron chi connectivity index (χ2n) is 5.79. The van der Waals surface area contributed by atoms with E-state index in [1.807, 2.05) is 0 Å². The van der Waals surface area contributed by atoms with Gasteiger partial charge in [-0.1, -0.05) is 36.4 Å². The monoisotopic (exact) mass is 347 g/mol. The lowest BCUT2D eigenvalue weighted by molar-refractivity contribution is -0.140. The van der Waals surface area contributed by atoms with Crippen LogP contribution in [0.2, 0.25) is 0 Å². The largest absolute Gasteiger partial charge is 0.505 e. The van der Waals surface area contributed by atoms with Gasteiger partial charge in [-0.15, -0.1) is 0 Å². The number of para-hydroxylation sites is 1. The van der Waals surface area contributed by atoms with Gasteiger partial charge in [0.25, 0.3) is 0 Å². The number of hydrogen-bond acceptors (Lipinski definition) is 3. The van der Waals surface area contributed by atoms with Gasteiger partial charge in [-0.2, -0.15) is 13.2 Å². The molecule has 0 radical (unpaired) electrons. The zero-order valence-corrected chi connectivity index (χ0v) is 13.4. The normalized spacial score (nSPS) is 11.7. The minimum Gasteiger partial charge on any atom is -0.505 e. The predicted octanol–water partition coefficient (Wildman–Crippen LogP) is 3.98. The second-order valence-corrected chi connectivity index (χ2v) is 5.79. The highest BCUT2D eigenvalue weighted by Gasteiger charge is 2.34. The molecular formula is C18H16F3N3O. The number of benzene rings is 2. The molecule has 25 heavy (non-hydrogen) atoms. The van der Waals surface area contributed by atoms with E-state index >= 15 is 0 Å². The molecule has 0 fully saturated rings. The standard InChI is InChI=1S/C18H16F3N3O/c1-24-10-15(18(19,20)21)23-17(24)12-7-5-11(6-8-12)9-13-3-2-4-14(22)16(13)25/h2-8,10,25H,9,22H2,1H3. The van der Waals surface area contributed by atoms with Gasteiger partial charge in [-0.25, -0.2) is 4.98 Å². The van der Waals surface area contributed by atoms with Crippen molar-refractivity contribution in [3.63, 3.8) is 0 Å². The van der Waals surface area contributed by atoms with E-state index in [9.17, 15) is 18.3 Å². The van der Waals surface area contributed by atoms with Crippen LogP contribution in [0.1, 0.15) is 16.8 Å². The second kappa shape index (κ2) is 6.16. The van der Waals surface area contributed by atoms with Gasteiger partial charge in [0, 0.05) is 30.8 Å². The Hall–Kier alpha value is -2.96. The Morgan fingerprint density at radius 1 is 1.12 bits per heavy atom. The van der Waals surface area contributed by atoms with Crippen LogP contribution < -0.4 is 5.73 Å². The summed E-state index contributed by atoms with van der Waals surface area (Å²) in [5.41, 5.74) is 7.23. The number of nitrogen functional groups attached to an aromatic ring is 1. The number of aromatic nitrogens is 2. The van der Waals surface area contributed by atoms with Crippen molar-refractivity contribution in [2.75, 3.05) is 5.73 Å². The van der Waals surface area contributed by atoms with E-state index in [4.69, 9.17) is 5.73 Å². The maximum absolute atomic E-state index is 12.8. The van der Waals surface area contributed by atoms with E-state index in [1.165, 1.54) is 11.6 Å². The highest BCUT2D eigenvalue weighted by Crippen LogP contribution is 2.31. The number of rotatable bonds is 3. The van der Waals surface area contributed by atoms with Crippen LogP contribution in [0.5, 0.6) is 5.75 Å². The quantitative estimate of drug-likeness (QED) is 0.556. The van der Waals surface area contributed by atoms with Gasteiger partial charge in [0.1, 0.15) is 11.6 Å². The Balaban J connectivity index is 1.86. The average molecular weight is 347 g/mol. The molecule has 0 bridgehead atoms. The van der Waals surface area contributed by atoms with E-state index < -0.39 is 11.9 Å². The van der Waals surface area contributed by atoms with Gasteiger partial charge in [0.2, 0.25) is 0 Å². The molecule has 0 aliphatic heterocycles. The van der Waals surface area contributed by atoms with Crippen LogP contribution in [0.15, 0.2) is 48.7 Å². The molecule has 0 aliphatic carbocycles. The predicted molar refractivity (Wildman–Crippen MR) is 89.0 cm³/mol. The molecule has 1 aromatic heterocycles. The summed E-state index contributed by atoms with van der Waals surface area (Å²) in [7, 11) is 1.52. The van der Waals surface area contributed by atoms with Crippen molar-refractivity contribution in [2.24, 2.45) is 7.05 Å². The average Bonchev–Trinajstić information content (AvgIpc) is 2.95. The maximum atomic E-state index is 12.8. The van der Waals surface area contributed by atoms with Crippen molar-refractivity contribution in [3.8, 4) is 17.1 Å². The summed E-state index contributed by atoms with van der Waals surface area (Å²) < 4.78 is 39.6. The fourth-order valence-corrected chi connectivity index (χ4v) is 2.62.